The van der Waals surface area contributed by atoms with Crippen LogP contribution in [0.1, 0.15) is 35.6 Å². The molecule has 0 bridgehead atoms. The topological polar surface area (TPSA) is 88.0 Å². The number of carbonyl (C=O) groups excluding carboxylic acids is 1. The van der Waals surface area contributed by atoms with Gasteiger partial charge in [-0.1, -0.05) is 13.8 Å². The van der Waals surface area contributed by atoms with E-state index in [0.717, 1.165) is 29.6 Å². The first-order chi connectivity index (χ1) is 10.0. The molecule has 1 amide bonds. The first-order valence-corrected chi connectivity index (χ1v) is 6.57. The van der Waals surface area contributed by atoms with Crippen molar-refractivity contribution in [1.82, 2.24) is 15.2 Å². The second kappa shape index (κ2) is 6.25. The fourth-order valence-corrected chi connectivity index (χ4v) is 1.85. The molecule has 0 aliphatic carbocycles. The molecule has 0 atom stereocenters. The molecule has 2 aromatic rings. The lowest BCUT2D eigenvalue weighted by molar-refractivity contribution is 0.102. The van der Waals surface area contributed by atoms with Gasteiger partial charge in [-0.2, -0.15) is 0 Å². The van der Waals surface area contributed by atoms with Crippen molar-refractivity contribution >= 4 is 11.9 Å². The van der Waals surface area contributed by atoms with Crippen molar-refractivity contribution in [2.75, 3.05) is 5.32 Å². The Morgan fingerprint density at radius 2 is 1.95 bits per heavy atom. The average Bonchev–Trinajstić information content (AvgIpc) is 2.49. The molecule has 0 unspecified atom stereocenters. The Balaban J connectivity index is 2.25. The third-order valence-corrected chi connectivity index (χ3v) is 2.94. The third-order valence-electron chi connectivity index (χ3n) is 2.94. The highest BCUT2D eigenvalue weighted by atomic mass is 19.1. The van der Waals surface area contributed by atoms with Crippen molar-refractivity contribution in [2.24, 2.45) is 0 Å². The molecule has 2 rings (SSSR count). The van der Waals surface area contributed by atoms with Gasteiger partial charge < -0.3 is 5.11 Å². The fourth-order valence-electron chi connectivity index (χ4n) is 1.85. The fraction of sp³-hybridized carbons (Fsp3) is 0.286. The lowest BCUT2D eigenvalue weighted by atomic mass is 10.2. The number of aromatic hydroxyl groups is 1. The van der Waals surface area contributed by atoms with Crippen LogP contribution in [-0.4, -0.2) is 26.2 Å². The van der Waals surface area contributed by atoms with Crippen LogP contribution >= 0.6 is 0 Å². The summed E-state index contributed by atoms with van der Waals surface area (Å²) in [6.07, 6.45) is 1.36. The number of benzene rings is 1. The summed E-state index contributed by atoms with van der Waals surface area (Å²) in [6.45, 7) is 3.86. The van der Waals surface area contributed by atoms with Crippen molar-refractivity contribution in [3.8, 4) is 5.75 Å². The molecule has 1 aromatic carbocycles. The standard InChI is InChI=1S/C14H15FN4O2/c1-3-10-11(4-2)18-19-14(16-10)17-13(21)9-7-8(15)5-6-12(9)20/h5-7,20H,3-4H2,1-2H3,(H,16,17,19,21). The van der Waals surface area contributed by atoms with Crippen LogP contribution in [0.2, 0.25) is 0 Å². The largest absolute Gasteiger partial charge is 0.507 e. The van der Waals surface area contributed by atoms with E-state index in [4.69, 9.17) is 0 Å². The van der Waals surface area contributed by atoms with E-state index in [1.807, 2.05) is 13.8 Å². The highest BCUT2D eigenvalue weighted by Gasteiger charge is 2.15. The molecule has 0 aliphatic rings. The number of nitrogens with zero attached hydrogens (tertiary/aromatic N) is 3. The minimum absolute atomic E-state index is 0.0257. The zero-order chi connectivity index (χ0) is 15.4. The van der Waals surface area contributed by atoms with Crippen molar-refractivity contribution in [3.05, 3.63) is 41.0 Å². The third kappa shape index (κ3) is 3.31. The van der Waals surface area contributed by atoms with Crippen molar-refractivity contribution < 1.29 is 14.3 Å². The second-order valence-corrected chi connectivity index (χ2v) is 4.35. The van der Waals surface area contributed by atoms with E-state index < -0.39 is 11.7 Å². The summed E-state index contributed by atoms with van der Waals surface area (Å²) in [5, 5.41) is 19.8. The first kappa shape index (κ1) is 14.8. The number of phenolic OH excluding ortho intramolecular Hbond substituents is 1. The van der Waals surface area contributed by atoms with Gasteiger partial charge in [-0.15, -0.1) is 10.2 Å². The Hall–Kier alpha value is -2.57. The van der Waals surface area contributed by atoms with Gasteiger partial charge in [0, 0.05) is 0 Å². The number of phenols is 1. The smallest absolute Gasteiger partial charge is 0.261 e. The van der Waals surface area contributed by atoms with E-state index in [1.165, 1.54) is 0 Å². The van der Waals surface area contributed by atoms with Gasteiger partial charge in [-0.05, 0) is 31.0 Å². The number of aryl methyl sites for hydroxylation is 2. The van der Waals surface area contributed by atoms with Crippen molar-refractivity contribution in [1.29, 1.82) is 0 Å². The minimum atomic E-state index is -0.694. The zero-order valence-electron chi connectivity index (χ0n) is 11.7. The molecule has 0 radical (unpaired) electrons. The molecule has 0 saturated heterocycles. The van der Waals surface area contributed by atoms with Crippen LogP contribution < -0.4 is 5.32 Å². The van der Waals surface area contributed by atoms with Gasteiger partial charge in [0.15, 0.2) is 0 Å². The van der Waals surface area contributed by atoms with Crippen LogP contribution in [0.5, 0.6) is 5.75 Å². The SMILES string of the molecule is CCc1nnc(NC(=O)c2cc(F)ccc2O)nc1CC. The molecule has 7 heteroatoms. The van der Waals surface area contributed by atoms with Gasteiger partial charge in [-0.3, -0.25) is 10.1 Å². The second-order valence-electron chi connectivity index (χ2n) is 4.35. The molecule has 110 valence electrons. The maximum absolute atomic E-state index is 13.1. The van der Waals surface area contributed by atoms with Crippen LogP contribution in [0.25, 0.3) is 0 Å². The van der Waals surface area contributed by atoms with Gasteiger partial charge in [-0.25, -0.2) is 9.37 Å². The molecule has 0 fully saturated rings. The van der Waals surface area contributed by atoms with Crippen LogP contribution in [0.3, 0.4) is 0 Å². The van der Waals surface area contributed by atoms with Crippen LogP contribution in [-0.2, 0) is 12.8 Å². The number of carbonyl (C=O) groups is 1. The minimum Gasteiger partial charge on any atom is -0.507 e. The maximum atomic E-state index is 13.1. The van der Waals surface area contributed by atoms with Gasteiger partial charge >= 0.3 is 0 Å². The number of rotatable bonds is 4. The normalized spacial score (nSPS) is 10.4. The number of amides is 1. The number of anilines is 1. The summed E-state index contributed by atoms with van der Waals surface area (Å²) < 4.78 is 13.1. The molecule has 0 aliphatic heterocycles. The molecule has 1 heterocycles. The maximum Gasteiger partial charge on any atom is 0.261 e. The van der Waals surface area contributed by atoms with E-state index in [-0.39, 0.29) is 17.3 Å². The Morgan fingerprint density at radius 1 is 1.24 bits per heavy atom. The Labute approximate surface area is 121 Å². The predicted octanol–water partition coefficient (Wildman–Crippen LogP) is 2.09. The number of aromatic nitrogens is 3. The van der Waals surface area contributed by atoms with Gasteiger partial charge in [0.2, 0.25) is 5.95 Å². The monoisotopic (exact) mass is 290 g/mol. The van der Waals surface area contributed by atoms with E-state index in [1.54, 1.807) is 0 Å². The first-order valence-electron chi connectivity index (χ1n) is 6.57. The predicted molar refractivity (Wildman–Crippen MR) is 74.6 cm³/mol. The summed E-state index contributed by atoms with van der Waals surface area (Å²) in [6, 6.07) is 3.12. The molecular formula is C14H15FN4O2. The summed E-state index contributed by atoms with van der Waals surface area (Å²) in [4.78, 5) is 16.2. The average molecular weight is 290 g/mol. The number of hydrogen-bond acceptors (Lipinski definition) is 5. The lowest BCUT2D eigenvalue weighted by Crippen LogP contribution is -2.16. The number of halogens is 1. The van der Waals surface area contributed by atoms with Crippen LogP contribution in [0.15, 0.2) is 18.2 Å². The molecule has 2 N–H and O–H groups in total. The van der Waals surface area contributed by atoms with Gasteiger partial charge in [0.05, 0.1) is 17.0 Å². The lowest BCUT2D eigenvalue weighted by Gasteiger charge is -2.08. The molecule has 21 heavy (non-hydrogen) atoms. The van der Waals surface area contributed by atoms with Crippen molar-refractivity contribution in [3.63, 3.8) is 0 Å². The molecular weight excluding hydrogens is 275 g/mol. The Morgan fingerprint density at radius 3 is 2.62 bits per heavy atom. The van der Waals surface area contributed by atoms with E-state index >= 15 is 0 Å². The van der Waals surface area contributed by atoms with Gasteiger partial charge in [0.1, 0.15) is 11.6 Å². The highest BCUT2D eigenvalue weighted by molar-refractivity contribution is 6.05. The molecule has 6 nitrogen and oxygen atoms in total. The van der Waals surface area contributed by atoms with E-state index in [0.29, 0.717) is 12.8 Å². The molecule has 0 saturated carbocycles. The number of nitrogens with one attached hydrogen (secondary N) is 1. The van der Waals surface area contributed by atoms with E-state index in [9.17, 15) is 14.3 Å². The zero-order valence-corrected chi connectivity index (χ0v) is 11.7. The van der Waals surface area contributed by atoms with Gasteiger partial charge in [0.25, 0.3) is 5.91 Å². The quantitative estimate of drug-likeness (QED) is 0.900. The summed E-state index contributed by atoms with van der Waals surface area (Å²) in [7, 11) is 0. The summed E-state index contributed by atoms with van der Waals surface area (Å²) in [5.74, 6) is -1.60. The van der Waals surface area contributed by atoms with Crippen molar-refractivity contribution in [2.45, 2.75) is 26.7 Å². The number of hydrogen-bond donors (Lipinski definition) is 2. The summed E-state index contributed by atoms with van der Waals surface area (Å²) >= 11 is 0. The van der Waals surface area contributed by atoms with E-state index in [2.05, 4.69) is 20.5 Å². The summed E-state index contributed by atoms with van der Waals surface area (Å²) in [5.41, 5.74) is 1.33. The Bertz CT molecular complexity index is 676. The Kier molecular flexibility index (Phi) is 4.42. The van der Waals surface area contributed by atoms with Crippen LogP contribution in [0, 0.1) is 5.82 Å². The van der Waals surface area contributed by atoms with Crippen LogP contribution in [0.4, 0.5) is 10.3 Å². The molecule has 0 spiro atoms. The molecule has 1 aromatic heterocycles. The highest BCUT2D eigenvalue weighted by Crippen LogP contribution is 2.19.